The molecular weight excluding hydrogens is 138 g/mol. The number of aromatic nitrogens is 2. The number of nitrogens with one attached hydrogen (secondary N) is 1. The molecule has 0 aliphatic rings. The summed E-state index contributed by atoms with van der Waals surface area (Å²) in [6, 6.07) is 1.95. The molecule has 1 heterocycles. The van der Waals surface area contributed by atoms with E-state index >= 15 is 0 Å². The number of hydrogen-bond acceptors (Lipinski definition) is 2. The van der Waals surface area contributed by atoms with Gasteiger partial charge in [-0.15, -0.1) is 6.58 Å². The molecule has 0 aliphatic carbocycles. The van der Waals surface area contributed by atoms with Gasteiger partial charge >= 0.3 is 0 Å². The van der Waals surface area contributed by atoms with E-state index in [-0.39, 0.29) is 0 Å². The van der Waals surface area contributed by atoms with E-state index in [1.807, 2.05) is 25.4 Å². The van der Waals surface area contributed by atoms with Crippen LogP contribution in [0.2, 0.25) is 0 Å². The van der Waals surface area contributed by atoms with E-state index in [9.17, 15) is 0 Å². The fraction of sp³-hybridized carbons (Fsp3) is 0.375. The summed E-state index contributed by atoms with van der Waals surface area (Å²) in [4.78, 5) is 0. The van der Waals surface area contributed by atoms with Crippen LogP contribution in [0.5, 0.6) is 0 Å². The summed E-state index contributed by atoms with van der Waals surface area (Å²) >= 11 is 0. The first-order valence-electron chi connectivity index (χ1n) is 3.67. The second-order valence-corrected chi connectivity index (χ2v) is 2.38. The van der Waals surface area contributed by atoms with E-state index < -0.39 is 0 Å². The Morgan fingerprint density at radius 3 is 3.18 bits per heavy atom. The third-order valence-electron chi connectivity index (χ3n) is 1.37. The lowest BCUT2D eigenvalue weighted by Gasteiger charge is -1.97. The van der Waals surface area contributed by atoms with Crippen molar-refractivity contribution in [2.75, 3.05) is 11.9 Å². The Hall–Kier alpha value is -1.25. The Morgan fingerprint density at radius 1 is 1.82 bits per heavy atom. The van der Waals surface area contributed by atoms with Crippen LogP contribution in [0.15, 0.2) is 24.9 Å². The molecule has 3 heteroatoms. The molecule has 0 spiro atoms. The van der Waals surface area contributed by atoms with Gasteiger partial charge in [-0.3, -0.25) is 4.68 Å². The van der Waals surface area contributed by atoms with Crippen molar-refractivity contribution in [2.45, 2.75) is 6.42 Å². The summed E-state index contributed by atoms with van der Waals surface area (Å²) in [7, 11) is 1.90. The number of anilines is 1. The fourth-order valence-electron chi connectivity index (χ4n) is 0.812. The minimum atomic E-state index is 0.903. The molecule has 0 unspecified atom stereocenters. The molecule has 1 N–H and O–H groups in total. The third-order valence-corrected chi connectivity index (χ3v) is 1.37. The van der Waals surface area contributed by atoms with Gasteiger partial charge in [0.25, 0.3) is 0 Å². The lowest BCUT2D eigenvalue weighted by atomic mass is 10.4. The molecule has 0 bridgehead atoms. The third kappa shape index (κ3) is 2.45. The molecule has 0 atom stereocenters. The zero-order valence-corrected chi connectivity index (χ0v) is 6.75. The van der Waals surface area contributed by atoms with Crippen LogP contribution in [0.3, 0.4) is 0 Å². The highest BCUT2D eigenvalue weighted by atomic mass is 15.3. The van der Waals surface area contributed by atoms with Gasteiger partial charge in [0.2, 0.25) is 0 Å². The maximum absolute atomic E-state index is 4.15. The quantitative estimate of drug-likeness (QED) is 0.521. The molecule has 0 aromatic carbocycles. The summed E-state index contributed by atoms with van der Waals surface area (Å²) in [6.45, 7) is 4.53. The minimum Gasteiger partial charge on any atom is -0.368 e. The lowest BCUT2D eigenvalue weighted by Crippen LogP contribution is -2.01. The van der Waals surface area contributed by atoms with Crippen molar-refractivity contribution >= 4 is 5.82 Å². The summed E-state index contributed by atoms with van der Waals surface area (Å²) in [5, 5.41) is 7.32. The number of rotatable bonds is 4. The molecule has 1 aromatic heterocycles. The van der Waals surface area contributed by atoms with Crippen molar-refractivity contribution in [3.8, 4) is 0 Å². The van der Waals surface area contributed by atoms with Crippen LogP contribution in [0.25, 0.3) is 0 Å². The van der Waals surface area contributed by atoms with Gasteiger partial charge in [0.05, 0.1) is 0 Å². The van der Waals surface area contributed by atoms with Gasteiger partial charge in [-0.1, -0.05) is 6.08 Å². The fourth-order valence-corrected chi connectivity index (χ4v) is 0.812. The number of aryl methyl sites for hydroxylation is 1. The molecule has 0 amide bonds. The molecular formula is C8H13N3. The SMILES string of the molecule is C=CCCNc1ccn(C)n1. The van der Waals surface area contributed by atoms with Crippen molar-refractivity contribution in [3.05, 3.63) is 24.9 Å². The van der Waals surface area contributed by atoms with Crippen LogP contribution in [-0.4, -0.2) is 16.3 Å². The van der Waals surface area contributed by atoms with E-state index in [2.05, 4.69) is 17.0 Å². The summed E-state index contributed by atoms with van der Waals surface area (Å²) < 4.78 is 1.77. The largest absolute Gasteiger partial charge is 0.368 e. The van der Waals surface area contributed by atoms with Crippen LogP contribution in [0, 0.1) is 0 Å². The van der Waals surface area contributed by atoms with Gasteiger partial charge in [0, 0.05) is 25.9 Å². The van der Waals surface area contributed by atoms with Crippen LogP contribution in [-0.2, 0) is 7.05 Å². The molecule has 0 fully saturated rings. The second kappa shape index (κ2) is 3.81. The molecule has 1 rings (SSSR count). The molecule has 1 aromatic rings. The average Bonchev–Trinajstić information content (AvgIpc) is 2.37. The molecule has 0 aliphatic heterocycles. The van der Waals surface area contributed by atoms with Gasteiger partial charge in [-0.25, -0.2) is 0 Å². The zero-order chi connectivity index (χ0) is 8.10. The molecule has 3 nitrogen and oxygen atoms in total. The normalized spacial score (nSPS) is 9.55. The van der Waals surface area contributed by atoms with E-state index in [1.165, 1.54) is 0 Å². The van der Waals surface area contributed by atoms with E-state index in [4.69, 9.17) is 0 Å². The highest BCUT2D eigenvalue weighted by Gasteiger charge is 1.91. The van der Waals surface area contributed by atoms with E-state index in [0.29, 0.717) is 0 Å². The highest BCUT2D eigenvalue weighted by Crippen LogP contribution is 1.99. The van der Waals surface area contributed by atoms with Crippen molar-refractivity contribution in [3.63, 3.8) is 0 Å². The summed E-state index contributed by atoms with van der Waals surface area (Å²) in [5.74, 6) is 0.925. The smallest absolute Gasteiger partial charge is 0.147 e. The topological polar surface area (TPSA) is 29.9 Å². The Balaban J connectivity index is 2.32. The predicted octanol–water partition coefficient (Wildman–Crippen LogP) is 1.41. The molecule has 0 saturated carbocycles. The first kappa shape index (κ1) is 7.85. The molecule has 0 radical (unpaired) electrons. The van der Waals surface area contributed by atoms with Crippen LogP contribution >= 0.6 is 0 Å². The van der Waals surface area contributed by atoms with Gasteiger partial charge in [-0.2, -0.15) is 5.10 Å². The minimum absolute atomic E-state index is 0.903. The standard InChI is InChI=1S/C8H13N3/c1-3-4-6-9-8-5-7-11(2)10-8/h3,5,7H,1,4,6H2,2H3,(H,9,10). The van der Waals surface area contributed by atoms with Gasteiger partial charge in [-0.05, 0) is 6.42 Å². The average molecular weight is 151 g/mol. The summed E-state index contributed by atoms with van der Waals surface area (Å²) in [6.07, 6.45) is 4.77. The second-order valence-electron chi connectivity index (χ2n) is 2.38. The van der Waals surface area contributed by atoms with E-state index in [1.54, 1.807) is 4.68 Å². The van der Waals surface area contributed by atoms with Crippen LogP contribution in [0.4, 0.5) is 5.82 Å². The first-order chi connectivity index (χ1) is 5.33. The van der Waals surface area contributed by atoms with Crippen molar-refractivity contribution in [1.29, 1.82) is 0 Å². The maximum Gasteiger partial charge on any atom is 0.147 e. The zero-order valence-electron chi connectivity index (χ0n) is 6.75. The number of nitrogens with zero attached hydrogens (tertiary/aromatic N) is 2. The predicted molar refractivity (Wildman–Crippen MR) is 46.5 cm³/mol. The molecule has 60 valence electrons. The van der Waals surface area contributed by atoms with Crippen molar-refractivity contribution in [2.24, 2.45) is 7.05 Å². The monoisotopic (exact) mass is 151 g/mol. The number of hydrogen-bond donors (Lipinski definition) is 1. The van der Waals surface area contributed by atoms with Gasteiger partial charge in [0.15, 0.2) is 0 Å². The Kier molecular flexibility index (Phi) is 2.72. The van der Waals surface area contributed by atoms with Crippen LogP contribution in [0.1, 0.15) is 6.42 Å². The van der Waals surface area contributed by atoms with Gasteiger partial charge in [0.1, 0.15) is 5.82 Å². The van der Waals surface area contributed by atoms with Crippen LogP contribution < -0.4 is 5.32 Å². The highest BCUT2D eigenvalue weighted by molar-refractivity contribution is 5.31. The molecule has 0 saturated heterocycles. The summed E-state index contributed by atoms with van der Waals surface area (Å²) in [5.41, 5.74) is 0. The van der Waals surface area contributed by atoms with Gasteiger partial charge < -0.3 is 5.32 Å². The Morgan fingerprint density at radius 2 is 2.64 bits per heavy atom. The van der Waals surface area contributed by atoms with E-state index in [0.717, 1.165) is 18.8 Å². The molecule has 11 heavy (non-hydrogen) atoms. The van der Waals surface area contributed by atoms with Crippen molar-refractivity contribution in [1.82, 2.24) is 9.78 Å². The Bertz CT molecular complexity index is 227. The lowest BCUT2D eigenvalue weighted by molar-refractivity contribution is 0.768. The maximum atomic E-state index is 4.15. The Labute approximate surface area is 66.7 Å². The van der Waals surface area contributed by atoms with Crippen molar-refractivity contribution < 1.29 is 0 Å². The first-order valence-corrected chi connectivity index (χ1v) is 3.67.